The lowest BCUT2D eigenvalue weighted by Gasteiger charge is -2.08. The van der Waals surface area contributed by atoms with Crippen LogP contribution in [-0.2, 0) is 23.8 Å². The number of benzene rings is 2. The standard InChI is InChI=1S/C17H14O5S/c1-12-7-9-14(10-8-12)23(19,20)22-15-11-21-17(18)16(15)13-5-3-2-4-6-13/h2-10H,11H2,1H3. The molecule has 0 bridgehead atoms. The molecule has 0 unspecified atom stereocenters. The minimum atomic E-state index is -4.01. The maximum Gasteiger partial charge on any atom is 0.342 e. The predicted octanol–water partition coefficient (Wildman–Crippen LogP) is 2.67. The van der Waals surface area contributed by atoms with E-state index < -0.39 is 16.1 Å². The van der Waals surface area contributed by atoms with Gasteiger partial charge in [-0.2, -0.15) is 8.42 Å². The molecule has 1 aliphatic heterocycles. The SMILES string of the molecule is Cc1ccc(S(=O)(=O)OC2=C(c3ccccc3)C(=O)OC2)cc1. The summed E-state index contributed by atoms with van der Waals surface area (Å²) in [5.74, 6) is -0.591. The topological polar surface area (TPSA) is 69.7 Å². The van der Waals surface area contributed by atoms with E-state index in [1.54, 1.807) is 42.5 Å². The lowest BCUT2D eigenvalue weighted by atomic mass is 10.1. The van der Waals surface area contributed by atoms with Gasteiger partial charge < -0.3 is 8.92 Å². The van der Waals surface area contributed by atoms with Crippen LogP contribution in [0.1, 0.15) is 11.1 Å². The fraction of sp³-hybridized carbons (Fsp3) is 0.118. The Labute approximate surface area is 134 Å². The molecule has 0 atom stereocenters. The molecule has 0 saturated carbocycles. The first-order chi connectivity index (χ1) is 11.0. The lowest BCUT2D eigenvalue weighted by molar-refractivity contribution is -0.134. The average Bonchev–Trinajstić information content (AvgIpc) is 2.88. The van der Waals surface area contributed by atoms with Crippen molar-refractivity contribution in [3.05, 3.63) is 71.5 Å². The van der Waals surface area contributed by atoms with Gasteiger partial charge in [0.25, 0.3) is 0 Å². The van der Waals surface area contributed by atoms with E-state index in [1.165, 1.54) is 12.1 Å². The number of cyclic esters (lactones) is 1. The van der Waals surface area contributed by atoms with E-state index in [2.05, 4.69) is 0 Å². The van der Waals surface area contributed by atoms with Crippen LogP contribution in [0.2, 0.25) is 0 Å². The van der Waals surface area contributed by atoms with Crippen molar-refractivity contribution < 1.29 is 22.1 Å². The van der Waals surface area contributed by atoms with Gasteiger partial charge in [0.1, 0.15) is 10.5 Å². The Morgan fingerprint density at radius 3 is 2.30 bits per heavy atom. The van der Waals surface area contributed by atoms with Gasteiger partial charge in [0.15, 0.2) is 12.4 Å². The number of aryl methyl sites for hydroxylation is 1. The second-order valence-corrected chi connectivity index (χ2v) is 6.64. The molecule has 0 radical (unpaired) electrons. The van der Waals surface area contributed by atoms with Crippen molar-refractivity contribution >= 4 is 21.7 Å². The van der Waals surface area contributed by atoms with Crippen LogP contribution in [0.5, 0.6) is 0 Å². The van der Waals surface area contributed by atoms with Crippen molar-refractivity contribution in [2.24, 2.45) is 0 Å². The van der Waals surface area contributed by atoms with Crippen LogP contribution in [-0.4, -0.2) is 21.0 Å². The monoisotopic (exact) mass is 330 g/mol. The van der Waals surface area contributed by atoms with E-state index in [4.69, 9.17) is 8.92 Å². The Morgan fingerprint density at radius 2 is 1.65 bits per heavy atom. The molecule has 118 valence electrons. The molecule has 2 aromatic rings. The molecule has 23 heavy (non-hydrogen) atoms. The number of carbonyl (C=O) groups is 1. The van der Waals surface area contributed by atoms with E-state index in [1.807, 2.05) is 6.92 Å². The van der Waals surface area contributed by atoms with E-state index in [0.29, 0.717) is 5.56 Å². The summed E-state index contributed by atoms with van der Waals surface area (Å²) in [5.41, 5.74) is 1.64. The number of rotatable bonds is 4. The largest absolute Gasteiger partial charge is 0.454 e. The minimum absolute atomic E-state index is 0.00164. The summed E-state index contributed by atoms with van der Waals surface area (Å²) < 4.78 is 34.8. The van der Waals surface area contributed by atoms with Gasteiger partial charge in [-0.1, -0.05) is 48.0 Å². The fourth-order valence-corrected chi connectivity index (χ4v) is 3.19. The highest BCUT2D eigenvalue weighted by molar-refractivity contribution is 7.86. The van der Waals surface area contributed by atoms with E-state index in [0.717, 1.165) is 5.56 Å². The van der Waals surface area contributed by atoms with Gasteiger partial charge >= 0.3 is 16.1 Å². The van der Waals surface area contributed by atoms with Crippen molar-refractivity contribution in [2.75, 3.05) is 6.61 Å². The van der Waals surface area contributed by atoms with E-state index >= 15 is 0 Å². The Kier molecular flexibility index (Phi) is 3.92. The average molecular weight is 330 g/mol. The van der Waals surface area contributed by atoms with Crippen LogP contribution in [0.3, 0.4) is 0 Å². The van der Waals surface area contributed by atoms with Crippen LogP contribution in [0.25, 0.3) is 5.57 Å². The quantitative estimate of drug-likeness (QED) is 0.637. The molecule has 0 aromatic heterocycles. The van der Waals surface area contributed by atoms with Crippen molar-refractivity contribution in [1.29, 1.82) is 0 Å². The second-order valence-electron chi connectivity index (χ2n) is 5.09. The Morgan fingerprint density at radius 1 is 1.00 bits per heavy atom. The minimum Gasteiger partial charge on any atom is -0.454 e. The summed E-state index contributed by atoms with van der Waals surface area (Å²) in [5, 5.41) is 0. The van der Waals surface area contributed by atoms with Crippen molar-refractivity contribution in [2.45, 2.75) is 11.8 Å². The second kappa shape index (κ2) is 5.89. The first kappa shape index (κ1) is 15.3. The summed E-state index contributed by atoms with van der Waals surface area (Å²) in [6, 6.07) is 15.0. The van der Waals surface area contributed by atoms with Crippen LogP contribution in [0.15, 0.2) is 65.3 Å². The highest BCUT2D eigenvalue weighted by atomic mass is 32.2. The number of carbonyl (C=O) groups excluding carboxylic acids is 1. The van der Waals surface area contributed by atoms with Crippen LogP contribution < -0.4 is 0 Å². The third-order valence-corrected chi connectivity index (χ3v) is 4.67. The van der Waals surface area contributed by atoms with Gasteiger partial charge in [0.2, 0.25) is 0 Å². The van der Waals surface area contributed by atoms with Gasteiger partial charge in [-0.05, 0) is 24.6 Å². The van der Waals surface area contributed by atoms with Crippen molar-refractivity contribution in [3.8, 4) is 0 Å². The summed E-state index contributed by atoms with van der Waals surface area (Å²) in [6.45, 7) is 1.66. The Bertz CT molecular complexity index is 865. The molecule has 0 aliphatic carbocycles. The van der Waals surface area contributed by atoms with Crippen LogP contribution in [0, 0.1) is 6.92 Å². The van der Waals surface area contributed by atoms with Gasteiger partial charge in [-0.3, -0.25) is 0 Å². The molecule has 6 heteroatoms. The highest BCUT2D eigenvalue weighted by Gasteiger charge is 2.31. The zero-order chi connectivity index (χ0) is 16.4. The van der Waals surface area contributed by atoms with E-state index in [9.17, 15) is 13.2 Å². The first-order valence-electron chi connectivity index (χ1n) is 6.94. The lowest BCUT2D eigenvalue weighted by Crippen LogP contribution is -2.08. The summed E-state index contributed by atoms with van der Waals surface area (Å²) in [7, 11) is -4.01. The third-order valence-electron chi connectivity index (χ3n) is 3.40. The third kappa shape index (κ3) is 3.12. The summed E-state index contributed by atoms with van der Waals surface area (Å²) >= 11 is 0. The molecule has 0 spiro atoms. The number of hydrogen-bond acceptors (Lipinski definition) is 5. The molecule has 3 rings (SSSR count). The molecule has 1 aliphatic rings. The number of hydrogen-bond donors (Lipinski definition) is 0. The Hall–Kier alpha value is -2.60. The molecule has 0 amide bonds. The van der Waals surface area contributed by atoms with Crippen molar-refractivity contribution in [3.63, 3.8) is 0 Å². The van der Waals surface area contributed by atoms with Gasteiger partial charge in [-0.15, -0.1) is 0 Å². The summed E-state index contributed by atoms with van der Waals surface area (Å²) in [6.07, 6.45) is 0. The van der Waals surface area contributed by atoms with Crippen LogP contribution in [0.4, 0.5) is 0 Å². The molecule has 0 fully saturated rings. The molecule has 5 nitrogen and oxygen atoms in total. The first-order valence-corrected chi connectivity index (χ1v) is 8.35. The molecule has 0 saturated heterocycles. The van der Waals surface area contributed by atoms with Crippen molar-refractivity contribution in [1.82, 2.24) is 0 Å². The zero-order valence-electron chi connectivity index (χ0n) is 12.4. The molecule has 2 aromatic carbocycles. The van der Waals surface area contributed by atoms with Crippen LogP contribution >= 0.6 is 0 Å². The number of ether oxygens (including phenoxy) is 1. The predicted molar refractivity (Wildman–Crippen MR) is 83.8 cm³/mol. The van der Waals surface area contributed by atoms with E-state index in [-0.39, 0.29) is 22.8 Å². The zero-order valence-corrected chi connectivity index (χ0v) is 13.2. The van der Waals surface area contributed by atoms with Gasteiger partial charge in [-0.25, -0.2) is 4.79 Å². The molecule has 0 N–H and O–H groups in total. The maximum atomic E-state index is 12.4. The highest BCUT2D eigenvalue weighted by Crippen LogP contribution is 2.29. The normalized spacial score (nSPS) is 14.7. The molecule has 1 heterocycles. The maximum absolute atomic E-state index is 12.4. The smallest absolute Gasteiger partial charge is 0.342 e. The summed E-state index contributed by atoms with van der Waals surface area (Å²) in [4.78, 5) is 11.9. The van der Waals surface area contributed by atoms with Gasteiger partial charge in [0.05, 0.1) is 0 Å². The van der Waals surface area contributed by atoms with Gasteiger partial charge in [0, 0.05) is 0 Å². The molecular formula is C17H14O5S. The fourth-order valence-electron chi connectivity index (χ4n) is 2.22. The molecular weight excluding hydrogens is 316 g/mol. The number of esters is 1. The Balaban J connectivity index is 1.98.